The minimum atomic E-state index is -0.575. The van der Waals surface area contributed by atoms with Crippen molar-refractivity contribution in [1.82, 2.24) is 15.3 Å². The Balaban J connectivity index is 0.000000786. The van der Waals surface area contributed by atoms with Crippen molar-refractivity contribution >= 4 is 40.8 Å². The van der Waals surface area contributed by atoms with Gasteiger partial charge in [-0.25, -0.2) is 14.4 Å². The Kier molecular flexibility index (Phi) is 15.9. The normalized spacial score (nSPS) is 11.2. The average Bonchev–Trinajstić information content (AvgIpc) is 3.46. The number of benzene rings is 2. The lowest BCUT2D eigenvalue weighted by Crippen LogP contribution is -2.03. The lowest BCUT2D eigenvalue weighted by Gasteiger charge is -2.11. The number of aliphatic hydroxyl groups is 1. The van der Waals surface area contributed by atoms with Gasteiger partial charge in [0.2, 0.25) is 0 Å². The number of nitrogens with zero attached hydrogens (tertiary/aromatic N) is 2. The average molecular weight is 483 g/mol. The number of fused-ring (bicyclic) bond motifs is 1. The maximum absolute atomic E-state index is 14.0. The van der Waals surface area contributed by atoms with Crippen molar-refractivity contribution in [2.75, 3.05) is 32.6 Å². The van der Waals surface area contributed by atoms with Gasteiger partial charge in [-0.05, 0) is 44.1 Å². The number of phenolic OH excluding ortho intramolecular Hbond substituents is 1. The van der Waals surface area contributed by atoms with E-state index >= 15 is 0 Å². The number of nitrogens with one attached hydrogen (secondary N) is 2. The molecular weight excluding hydrogens is 451 g/mol. The zero-order valence-corrected chi connectivity index (χ0v) is 20.1. The van der Waals surface area contributed by atoms with Gasteiger partial charge in [0.05, 0.1) is 23.3 Å². The van der Waals surface area contributed by atoms with Gasteiger partial charge in [0.1, 0.15) is 18.9 Å². The molecule has 0 unspecified atom stereocenters. The van der Waals surface area contributed by atoms with E-state index in [1.807, 2.05) is 20.6 Å². The number of ether oxygens (including phenoxy) is 1. The predicted octanol–water partition coefficient (Wildman–Crippen LogP) is 4.70. The van der Waals surface area contributed by atoms with Crippen LogP contribution in [-0.2, 0) is 4.79 Å². The first-order valence-corrected chi connectivity index (χ1v) is 10.6. The van der Waals surface area contributed by atoms with Crippen LogP contribution in [-0.4, -0.2) is 54.3 Å². The number of methoxy groups -OCH3 is 1. The summed E-state index contributed by atoms with van der Waals surface area (Å²) < 4.78 is 19.0. The summed E-state index contributed by atoms with van der Waals surface area (Å²) in [6.07, 6.45) is 4.11. The molecule has 3 aromatic rings. The molecule has 2 heterocycles. The fourth-order valence-electron chi connectivity index (χ4n) is 2.69. The Labute approximate surface area is 198 Å². The number of halogens is 2. The van der Waals surface area contributed by atoms with Crippen LogP contribution in [0, 0.1) is 5.82 Å². The largest absolute Gasteiger partial charge is 0.504 e. The van der Waals surface area contributed by atoms with E-state index < -0.39 is 5.82 Å². The summed E-state index contributed by atoms with van der Waals surface area (Å²) in [5, 5.41) is 23.5. The van der Waals surface area contributed by atoms with Crippen LogP contribution < -0.4 is 15.4 Å². The molecule has 33 heavy (non-hydrogen) atoms. The zero-order chi connectivity index (χ0) is 25.2. The molecule has 0 amide bonds. The van der Waals surface area contributed by atoms with Crippen LogP contribution in [0.3, 0.4) is 0 Å². The minimum absolute atomic E-state index is 0.00729. The number of aliphatic hydroxyl groups excluding tert-OH is 1. The number of phenols is 1. The van der Waals surface area contributed by atoms with Gasteiger partial charge in [-0.3, -0.25) is 0 Å². The predicted molar refractivity (Wildman–Crippen MR) is 131 cm³/mol. The fourth-order valence-corrected chi connectivity index (χ4v) is 2.86. The van der Waals surface area contributed by atoms with Crippen LogP contribution in [0.15, 0.2) is 36.7 Å². The number of aromatic hydroxyl groups is 1. The molecule has 0 atom stereocenters. The van der Waals surface area contributed by atoms with Gasteiger partial charge in [0.15, 0.2) is 17.3 Å². The van der Waals surface area contributed by atoms with E-state index in [4.69, 9.17) is 26.2 Å². The molecule has 8 nitrogen and oxygen atoms in total. The molecular formula is C23H32ClFN4O4. The first-order chi connectivity index (χ1) is 16.1. The van der Waals surface area contributed by atoms with Gasteiger partial charge in [-0.2, -0.15) is 0 Å². The molecule has 1 aromatic heterocycles. The van der Waals surface area contributed by atoms with E-state index in [9.17, 15) is 9.50 Å². The van der Waals surface area contributed by atoms with E-state index in [1.54, 1.807) is 18.2 Å². The molecule has 1 aliphatic heterocycles. The highest BCUT2D eigenvalue weighted by Crippen LogP contribution is 2.34. The molecule has 0 radical (unpaired) electrons. The quantitative estimate of drug-likeness (QED) is 0.424. The number of hydrogen-bond donors (Lipinski definition) is 4. The SMILES string of the molecule is C1CCNC1.C=O.CC.CO.COc1cc2ncnc(Nc3cccc(Cl)c3F)c2cc1O. The summed E-state index contributed by atoms with van der Waals surface area (Å²) in [6.45, 7) is 8.50. The van der Waals surface area contributed by atoms with Gasteiger partial charge < -0.3 is 30.4 Å². The van der Waals surface area contributed by atoms with Crippen molar-refractivity contribution in [3.63, 3.8) is 0 Å². The van der Waals surface area contributed by atoms with Crippen molar-refractivity contribution in [3.05, 3.63) is 47.5 Å². The minimum Gasteiger partial charge on any atom is -0.504 e. The summed E-state index contributed by atoms with van der Waals surface area (Å²) in [4.78, 5) is 16.2. The monoisotopic (exact) mass is 482 g/mol. The fraction of sp³-hybridized carbons (Fsp3) is 0.348. The lowest BCUT2D eigenvalue weighted by molar-refractivity contribution is -0.0980. The highest BCUT2D eigenvalue weighted by Gasteiger charge is 2.12. The van der Waals surface area contributed by atoms with E-state index in [2.05, 4.69) is 20.6 Å². The topological polar surface area (TPSA) is 117 Å². The van der Waals surface area contributed by atoms with Crippen molar-refractivity contribution in [1.29, 1.82) is 0 Å². The van der Waals surface area contributed by atoms with Crippen molar-refractivity contribution in [3.8, 4) is 11.5 Å². The third-order valence-corrected chi connectivity index (χ3v) is 4.39. The molecule has 1 saturated heterocycles. The summed E-state index contributed by atoms with van der Waals surface area (Å²) in [5.74, 6) is 0.0169. The van der Waals surface area contributed by atoms with Crippen LogP contribution in [0.5, 0.6) is 11.5 Å². The van der Waals surface area contributed by atoms with E-state index in [0.29, 0.717) is 22.5 Å². The van der Waals surface area contributed by atoms with Gasteiger partial charge in [-0.15, -0.1) is 0 Å². The molecule has 2 aromatic carbocycles. The van der Waals surface area contributed by atoms with Crippen molar-refractivity contribution in [2.24, 2.45) is 0 Å². The van der Waals surface area contributed by atoms with Crippen molar-refractivity contribution < 1.29 is 24.1 Å². The Morgan fingerprint density at radius 3 is 2.33 bits per heavy atom. The van der Waals surface area contributed by atoms with Crippen molar-refractivity contribution in [2.45, 2.75) is 26.7 Å². The Morgan fingerprint density at radius 1 is 1.15 bits per heavy atom. The summed E-state index contributed by atoms with van der Waals surface area (Å²) in [5.41, 5.74) is 0.734. The number of aromatic nitrogens is 2. The smallest absolute Gasteiger partial charge is 0.165 e. The number of anilines is 2. The maximum atomic E-state index is 14.0. The van der Waals surface area contributed by atoms with E-state index in [1.165, 1.54) is 51.5 Å². The third kappa shape index (κ3) is 9.17. The first-order valence-electron chi connectivity index (χ1n) is 10.3. The highest BCUT2D eigenvalue weighted by molar-refractivity contribution is 6.31. The Bertz CT molecular complexity index is 952. The maximum Gasteiger partial charge on any atom is 0.165 e. The molecule has 1 fully saturated rings. The Morgan fingerprint density at radius 2 is 1.79 bits per heavy atom. The summed E-state index contributed by atoms with van der Waals surface area (Å²) in [6, 6.07) is 7.65. The summed E-state index contributed by atoms with van der Waals surface area (Å²) >= 11 is 5.76. The van der Waals surface area contributed by atoms with Crippen LogP contribution in [0.1, 0.15) is 26.7 Å². The molecule has 4 rings (SSSR count). The van der Waals surface area contributed by atoms with Crippen LogP contribution in [0.2, 0.25) is 5.02 Å². The van der Waals surface area contributed by atoms with Crippen LogP contribution in [0.25, 0.3) is 10.9 Å². The van der Waals surface area contributed by atoms with E-state index in [0.717, 1.165) is 7.11 Å². The lowest BCUT2D eigenvalue weighted by atomic mass is 10.2. The second-order valence-corrected chi connectivity index (χ2v) is 6.35. The second kappa shape index (κ2) is 17.5. The molecule has 10 heteroatoms. The highest BCUT2D eigenvalue weighted by atomic mass is 35.5. The molecule has 1 aliphatic rings. The van der Waals surface area contributed by atoms with Gasteiger partial charge in [0, 0.05) is 18.6 Å². The molecule has 0 saturated carbocycles. The molecule has 0 bridgehead atoms. The first kappa shape index (κ1) is 30.0. The van der Waals surface area contributed by atoms with Gasteiger partial charge in [-0.1, -0.05) is 31.5 Å². The number of carbonyl (C=O) groups excluding carboxylic acids is 1. The van der Waals surface area contributed by atoms with Crippen LogP contribution >= 0.6 is 11.6 Å². The van der Waals surface area contributed by atoms with E-state index in [-0.39, 0.29) is 16.5 Å². The number of hydrogen-bond acceptors (Lipinski definition) is 8. The molecule has 4 N–H and O–H groups in total. The second-order valence-electron chi connectivity index (χ2n) is 5.95. The molecule has 0 aliphatic carbocycles. The van der Waals surface area contributed by atoms with Gasteiger partial charge >= 0.3 is 0 Å². The van der Waals surface area contributed by atoms with Gasteiger partial charge in [0.25, 0.3) is 0 Å². The Hall–Kier alpha value is -3.01. The number of carbonyl (C=O) groups is 1. The summed E-state index contributed by atoms with van der Waals surface area (Å²) in [7, 11) is 2.45. The zero-order valence-electron chi connectivity index (χ0n) is 19.4. The third-order valence-electron chi connectivity index (χ3n) is 4.10. The molecule has 0 spiro atoms. The molecule has 182 valence electrons. The number of rotatable bonds is 3. The van der Waals surface area contributed by atoms with Crippen LogP contribution in [0.4, 0.5) is 15.9 Å². The standard InChI is InChI=1S/C15H11ClFN3O2.C4H9N.C2H6.CH4O.CH2O/c1-22-13-6-11-8(5-12(13)21)15(19-7-18-11)20-10-4-2-3-9(16)14(10)17;1-2-4-5-3-1;3*1-2/h2-7,21H,1H3,(H,18,19,20);5H,1-4H2;1-2H3;2H,1H3;1H2.